The van der Waals surface area contributed by atoms with Gasteiger partial charge in [-0.05, 0) is 43.2 Å². The van der Waals surface area contributed by atoms with Crippen LogP contribution >= 0.6 is 0 Å². The minimum absolute atomic E-state index is 0.240. The predicted molar refractivity (Wildman–Crippen MR) is 160 cm³/mol. The largest absolute Gasteiger partial charge is 0.492 e. The van der Waals surface area contributed by atoms with Gasteiger partial charge in [-0.3, -0.25) is 23.8 Å². The fraction of sp³-hybridized carbons (Fsp3) is 0.355. The van der Waals surface area contributed by atoms with Gasteiger partial charge in [0.1, 0.15) is 23.7 Å². The van der Waals surface area contributed by atoms with Gasteiger partial charge in [0.25, 0.3) is 5.91 Å². The van der Waals surface area contributed by atoms with Crippen LogP contribution in [0.25, 0.3) is 16.6 Å². The smallest absolute Gasteiger partial charge is 0.274 e. The van der Waals surface area contributed by atoms with Crippen molar-refractivity contribution in [3.8, 4) is 5.75 Å². The van der Waals surface area contributed by atoms with E-state index in [0.717, 1.165) is 66.5 Å². The third-order valence-corrected chi connectivity index (χ3v) is 7.54. The highest BCUT2D eigenvalue weighted by molar-refractivity contribution is 6.08. The Bertz CT molecular complexity index is 1680. The first-order valence-corrected chi connectivity index (χ1v) is 14.2. The summed E-state index contributed by atoms with van der Waals surface area (Å²) in [6, 6.07) is 15.7. The van der Waals surface area contributed by atoms with Crippen LogP contribution in [0.3, 0.4) is 0 Å². The van der Waals surface area contributed by atoms with Crippen LogP contribution in [-0.4, -0.2) is 74.3 Å². The van der Waals surface area contributed by atoms with E-state index in [4.69, 9.17) is 14.8 Å². The van der Waals surface area contributed by atoms with Crippen LogP contribution in [0, 0.1) is 6.92 Å². The number of piperazine rings is 1. The number of hydrogen-bond acceptors (Lipinski definition) is 7. The average molecular weight is 553 g/mol. The lowest BCUT2D eigenvalue weighted by Gasteiger charge is -2.26. The molecule has 41 heavy (non-hydrogen) atoms. The quantitative estimate of drug-likeness (QED) is 0.284. The summed E-state index contributed by atoms with van der Waals surface area (Å²) in [5.41, 5.74) is 5.62. The van der Waals surface area contributed by atoms with E-state index in [1.165, 1.54) is 0 Å². The molecule has 0 aliphatic carbocycles. The summed E-state index contributed by atoms with van der Waals surface area (Å²) in [4.78, 5) is 25.1. The highest BCUT2D eigenvalue weighted by Crippen LogP contribution is 2.28. The van der Waals surface area contributed by atoms with Gasteiger partial charge in [-0.1, -0.05) is 26.0 Å². The number of nitrogens with one attached hydrogen (secondary N) is 2. The standard InChI is InChI=1S/C31H36N8O2/c1-21(2)25-7-4-6-23(34-25)20-39-27-9-5-8-26(30(27)22(3)36-39)35-31(40)28-19-33-29-18-24(10-13-38(28)29)41-17-16-37-14-11-32-12-15-37/h4-10,13,18-19,21,32H,11-12,14-17,20H2,1-3H3,(H,35,40). The van der Waals surface area contributed by atoms with Crippen molar-refractivity contribution >= 4 is 28.1 Å². The number of fused-ring (bicyclic) bond motifs is 2. The molecule has 0 spiro atoms. The Labute approximate surface area is 239 Å². The van der Waals surface area contributed by atoms with Crippen LogP contribution in [0.1, 0.15) is 47.3 Å². The van der Waals surface area contributed by atoms with Crippen LogP contribution in [0.5, 0.6) is 5.75 Å². The van der Waals surface area contributed by atoms with Gasteiger partial charge < -0.3 is 15.4 Å². The molecule has 10 heteroatoms. The summed E-state index contributed by atoms with van der Waals surface area (Å²) in [7, 11) is 0. The van der Waals surface area contributed by atoms with Crippen LogP contribution in [0.15, 0.2) is 60.9 Å². The van der Waals surface area contributed by atoms with E-state index in [2.05, 4.69) is 40.4 Å². The lowest BCUT2D eigenvalue weighted by Crippen LogP contribution is -2.44. The van der Waals surface area contributed by atoms with Crippen molar-refractivity contribution in [3.63, 3.8) is 0 Å². The maximum atomic E-state index is 13.4. The molecule has 1 amide bonds. The molecule has 4 aromatic heterocycles. The van der Waals surface area contributed by atoms with E-state index in [1.54, 1.807) is 10.6 Å². The number of aryl methyl sites for hydroxylation is 1. The van der Waals surface area contributed by atoms with Gasteiger partial charge in [-0.25, -0.2) is 4.98 Å². The molecule has 0 atom stereocenters. The molecule has 0 unspecified atom stereocenters. The first kappa shape index (κ1) is 26.9. The zero-order valence-electron chi connectivity index (χ0n) is 23.8. The normalized spacial score (nSPS) is 14.2. The number of amides is 1. The second kappa shape index (κ2) is 11.7. The Morgan fingerprint density at radius 2 is 1.95 bits per heavy atom. The maximum Gasteiger partial charge on any atom is 0.274 e. The van der Waals surface area contributed by atoms with Crippen molar-refractivity contribution in [2.24, 2.45) is 0 Å². The molecule has 0 bridgehead atoms. The van der Waals surface area contributed by atoms with Gasteiger partial charge in [0, 0.05) is 56.1 Å². The minimum Gasteiger partial charge on any atom is -0.492 e. The van der Waals surface area contributed by atoms with Gasteiger partial charge in [0.15, 0.2) is 0 Å². The minimum atomic E-state index is -0.240. The van der Waals surface area contributed by atoms with Crippen molar-refractivity contribution in [1.82, 2.24) is 34.4 Å². The number of nitrogens with zero attached hydrogens (tertiary/aromatic N) is 6. The van der Waals surface area contributed by atoms with Crippen molar-refractivity contribution in [3.05, 3.63) is 83.7 Å². The molecule has 212 valence electrons. The van der Waals surface area contributed by atoms with Gasteiger partial charge >= 0.3 is 0 Å². The number of aromatic nitrogens is 5. The Hall–Kier alpha value is -4.28. The van der Waals surface area contributed by atoms with E-state index in [9.17, 15) is 4.79 Å². The fourth-order valence-corrected chi connectivity index (χ4v) is 5.34. The lowest BCUT2D eigenvalue weighted by molar-refractivity contribution is 0.102. The molecule has 2 N–H and O–H groups in total. The summed E-state index contributed by atoms with van der Waals surface area (Å²) in [6.07, 6.45) is 3.43. The molecular formula is C31H36N8O2. The molecule has 10 nitrogen and oxygen atoms in total. The molecule has 1 saturated heterocycles. The summed E-state index contributed by atoms with van der Waals surface area (Å²) < 4.78 is 9.71. The Kier molecular flexibility index (Phi) is 7.67. The highest BCUT2D eigenvalue weighted by atomic mass is 16.5. The van der Waals surface area contributed by atoms with Gasteiger partial charge in [-0.15, -0.1) is 0 Å². The number of anilines is 1. The summed E-state index contributed by atoms with van der Waals surface area (Å²) in [6.45, 7) is 12.4. The molecule has 1 aliphatic heterocycles. The van der Waals surface area contributed by atoms with Crippen LogP contribution in [0.2, 0.25) is 0 Å². The molecule has 0 saturated carbocycles. The second-order valence-electron chi connectivity index (χ2n) is 10.8. The average Bonchev–Trinajstić information content (AvgIpc) is 3.55. The Morgan fingerprint density at radius 1 is 1.12 bits per heavy atom. The van der Waals surface area contributed by atoms with Crippen molar-refractivity contribution in [2.75, 3.05) is 44.6 Å². The molecule has 6 rings (SSSR count). The highest BCUT2D eigenvalue weighted by Gasteiger charge is 2.18. The van der Waals surface area contributed by atoms with Crippen molar-refractivity contribution in [2.45, 2.75) is 33.2 Å². The summed E-state index contributed by atoms with van der Waals surface area (Å²) >= 11 is 0. The molecule has 1 aliphatic rings. The second-order valence-corrected chi connectivity index (χ2v) is 10.8. The van der Waals surface area contributed by atoms with E-state index in [0.29, 0.717) is 36.1 Å². The fourth-order valence-electron chi connectivity index (χ4n) is 5.34. The first-order chi connectivity index (χ1) is 20.0. The van der Waals surface area contributed by atoms with Crippen molar-refractivity contribution < 1.29 is 9.53 Å². The molecule has 0 radical (unpaired) electrons. The molecular weight excluding hydrogens is 516 g/mol. The van der Waals surface area contributed by atoms with Crippen molar-refractivity contribution in [1.29, 1.82) is 0 Å². The molecule has 1 fully saturated rings. The number of rotatable bonds is 9. The zero-order valence-corrected chi connectivity index (χ0v) is 23.8. The number of ether oxygens (including phenoxy) is 1. The van der Waals surface area contributed by atoms with Gasteiger partial charge in [0.2, 0.25) is 0 Å². The third-order valence-electron chi connectivity index (χ3n) is 7.54. The number of pyridine rings is 2. The third kappa shape index (κ3) is 5.79. The molecule has 5 aromatic rings. The summed E-state index contributed by atoms with van der Waals surface area (Å²) in [5.74, 6) is 0.858. The SMILES string of the molecule is Cc1nn(Cc2cccc(C(C)C)n2)c2cccc(NC(=O)c3cnc4cc(OCCN5CCNCC5)ccn34)c12. The van der Waals surface area contributed by atoms with E-state index in [1.807, 2.05) is 60.3 Å². The van der Waals surface area contributed by atoms with Gasteiger partial charge in [0.05, 0.1) is 35.3 Å². The number of carbonyl (C=O) groups is 1. The topological polar surface area (TPSA) is 102 Å². The van der Waals surface area contributed by atoms with Gasteiger partial charge in [-0.2, -0.15) is 5.10 Å². The number of carbonyl (C=O) groups excluding carboxylic acids is 1. The predicted octanol–water partition coefficient (Wildman–Crippen LogP) is 4.10. The number of hydrogen-bond donors (Lipinski definition) is 2. The Morgan fingerprint density at radius 3 is 2.78 bits per heavy atom. The van der Waals surface area contributed by atoms with E-state index in [-0.39, 0.29) is 5.91 Å². The number of benzene rings is 1. The van der Waals surface area contributed by atoms with E-state index < -0.39 is 0 Å². The maximum absolute atomic E-state index is 13.4. The molecule has 5 heterocycles. The molecule has 1 aromatic carbocycles. The lowest BCUT2D eigenvalue weighted by atomic mass is 10.1. The first-order valence-electron chi connectivity index (χ1n) is 14.2. The number of imidazole rings is 1. The Balaban J connectivity index is 1.18. The van der Waals surface area contributed by atoms with Crippen LogP contribution < -0.4 is 15.4 Å². The van der Waals surface area contributed by atoms with Crippen LogP contribution in [0.4, 0.5) is 5.69 Å². The van der Waals surface area contributed by atoms with Crippen LogP contribution in [-0.2, 0) is 6.54 Å². The van der Waals surface area contributed by atoms with E-state index >= 15 is 0 Å². The summed E-state index contributed by atoms with van der Waals surface area (Å²) in [5, 5.41) is 12.2. The zero-order chi connectivity index (χ0) is 28.3. The monoisotopic (exact) mass is 552 g/mol.